The molecule has 18 heavy (non-hydrogen) atoms. The van der Waals surface area contributed by atoms with Crippen molar-refractivity contribution >= 4 is 7.28 Å². The Balaban J connectivity index is 3.66. The summed E-state index contributed by atoms with van der Waals surface area (Å²) < 4.78 is 116. The molecule has 0 bridgehead atoms. The van der Waals surface area contributed by atoms with Crippen LogP contribution in [-0.2, 0) is 18.3 Å². The number of alkyl halides is 6. The fourth-order valence-electron chi connectivity index (χ4n) is 1.77. The minimum absolute atomic E-state index is 0.446. The zero-order valence-corrected chi connectivity index (χ0v) is 9.95. The Hall–Kier alpha value is -0.150. The molecular formula is C7H11F6O4P. The van der Waals surface area contributed by atoms with Crippen molar-refractivity contribution in [2.24, 2.45) is 0 Å². The molecule has 1 aliphatic rings. The molecule has 110 valence electrons. The van der Waals surface area contributed by atoms with Crippen molar-refractivity contribution < 1.29 is 48.8 Å². The van der Waals surface area contributed by atoms with Crippen LogP contribution in [0.4, 0.5) is 26.3 Å². The van der Waals surface area contributed by atoms with Crippen LogP contribution < -0.4 is 0 Å². The van der Waals surface area contributed by atoms with Gasteiger partial charge in [0.25, 0.3) is 0 Å². The van der Waals surface area contributed by atoms with Crippen molar-refractivity contribution in [3.8, 4) is 0 Å². The molecule has 1 rings (SSSR count). The van der Waals surface area contributed by atoms with E-state index >= 15 is 0 Å². The molecule has 0 N–H and O–H groups in total. The van der Waals surface area contributed by atoms with E-state index in [-0.39, 0.29) is 0 Å². The molecule has 0 unspecified atom stereocenters. The van der Waals surface area contributed by atoms with E-state index in [2.05, 4.69) is 18.3 Å². The van der Waals surface area contributed by atoms with E-state index in [4.69, 9.17) is 4.11 Å². The van der Waals surface area contributed by atoms with Crippen molar-refractivity contribution in [2.75, 3.05) is 27.6 Å². The van der Waals surface area contributed by atoms with Gasteiger partial charge in [0, 0.05) is 0 Å². The monoisotopic (exact) mass is 307 g/mol. The van der Waals surface area contributed by atoms with Gasteiger partial charge in [-0.05, 0) is 0 Å². The van der Waals surface area contributed by atoms with E-state index in [0.717, 1.165) is 0 Å². The normalized spacial score (nSPS) is 31.1. The summed E-state index contributed by atoms with van der Waals surface area (Å²) in [7, 11) is -8.99. The third kappa shape index (κ3) is 1.41. The van der Waals surface area contributed by atoms with Gasteiger partial charge >= 0.3 is 101 Å². The molecule has 1 saturated heterocycles. The first-order chi connectivity index (χ1) is 9.11. The van der Waals surface area contributed by atoms with E-state index in [9.17, 15) is 26.3 Å². The molecule has 0 radical (unpaired) electrons. The second kappa shape index (κ2) is 3.92. The maximum absolute atomic E-state index is 13.1. The van der Waals surface area contributed by atoms with E-state index in [1.807, 2.05) is 0 Å². The SMILES string of the molecule is [2H]C([2H])([2H])OP1(OC)(OC)COC1(C(F)(F)F)C(F)(F)F. The van der Waals surface area contributed by atoms with Crippen molar-refractivity contribution in [3.63, 3.8) is 0 Å². The van der Waals surface area contributed by atoms with Gasteiger partial charge in [0.15, 0.2) is 0 Å². The van der Waals surface area contributed by atoms with Gasteiger partial charge in [0.1, 0.15) is 0 Å². The van der Waals surface area contributed by atoms with Gasteiger partial charge in [-0.1, -0.05) is 0 Å². The Morgan fingerprint density at radius 1 is 1.06 bits per heavy atom. The molecule has 4 nitrogen and oxygen atoms in total. The quantitative estimate of drug-likeness (QED) is 0.593. The Morgan fingerprint density at radius 3 is 1.67 bits per heavy atom. The molecule has 0 atom stereocenters. The fraction of sp³-hybridized carbons (Fsp3) is 1.00. The van der Waals surface area contributed by atoms with Crippen molar-refractivity contribution in [3.05, 3.63) is 0 Å². The minimum atomic E-state index is -6.26. The molecular weight excluding hydrogens is 293 g/mol. The third-order valence-electron chi connectivity index (χ3n) is 2.80. The Labute approximate surface area is 103 Å². The Kier molecular flexibility index (Phi) is 2.54. The molecule has 11 heteroatoms. The molecule has 1 aliphatic heterocycles. The van der Waals surface area contributed by atoms with Gasteiger partial charge < -0.3 is 0 Å². The van der Waals surface area contributed by atoms with Gasteiger partial charge in [0.05, 0.1) is 0 Å². The summed E-state index contributed by atoms with van der Waals surface area (Å²) in [6.07, 6.45) is -13.6. The summed E-state index contributed by atoms with van der Waals surface area (Å²) in [4.78, 5) is 0. The van der Waals surface area contributed by atoms with E-state index in [0.29, 0.717) is 14.2 Å². The zero-order valence-electron chi connectivity index (χ0n) is 12.1. The zero-order chi connectivity index (χ0) is 17.0. The third-order valence-corrected chi connectivity index (χ3v) is 7.07. The molecule has 0 aromatic rings. The van der Waals surface area contributed by atoms with Crippen LogP contribution in [0, 0.1) is 0 Å². The number of halogens is 6. The molecule has 0 aromatic carbocycles. The Bertz CT molecular complexity index is 396. The molecule has 0 spiro atoms. The summed E-state index contributed by atoms with van der Waals surface area (Å²) in [5.41, 5.74) is 0. The molecule has 0 saturated carbocycles. The second-order valence-corrected chi connectivity index (χ2v) is 7.30. The van der Waals surface area contributed by atoms with Crippen LogP contribution in [0.3, 0.4) is 0 Å². The van der Waals surface area contributed by atoms with Crippen LogP contribution in [0.2, 0.25) is 0 Å². The van der Waals surface area contributed by atoms with E-state index in [1.54, 1.807) is 0 Å². The summed E-state index contributed by atoms with van der Waals surface area (Å²) in [6, 6.07) is 0. The van der Waals surface area contributed by atoms with E-state index < -0.39 is 38.4 Å². The molecule has 0 aromatic heterocycles. The van der Waals surface area contributed by atoms with Crippen molar-refractivity contribution in [1.82, 2.24) is 0 Å². The number of hydrogen-bond donors (Lipinski definition) is 0. The topological polar surface area (TPSA) is 36.9 Å². The molecule has 0 aliphatic carbocycles. The predicted octanol–water partition coefficient (Wildman–Crippen LogP) is 3.03. The van der Waals surface area contributed by atoms with Gasteiger partial charge in [-0.3, -0.25) is 0 Å². The fourth-order valence-corrected chi connectivity index (χ4v) is 4.66. The van der Waals surface area contributed by atoms with Crippen molar-refractivity contribution in [2.45, 2.75) is 17.7 Å². The van der Waals surface area contributed by atoms with Crippen LogP contribution in [-0.4, -0.2) is 45.3 Å². The Morgan fingerprint density at radius 2 is 1.50 bits per heavy atom. The summed E-state index contributed by atoms with van der Waals surface area (Å²) in [6.45, 7) is 0. The first-order valence-electron chi connectivity index (χ1n) is 5.73. The molecule has 0 amide bonds. The van der Waals surface area contributed by atoms with Crippen LogP contribution in [0.15, 0.2) is 0 Å². The van der Waals surface area contributed by atoms with Crippen LogP contribution in [0.5, 0.6) is 0 Å². The first-order valence-corrected chi connectivity index (χ1v) is 6.41. The van der Waals surface area contributed by atoms with Gasteiger partial charge in [-0.25, -0.2) is 0 Å². The number of hydrogen-bond acceptors (Lipinski definition) is 4. The van der Waals surface area contributed by atoms with Gasteiger partial charge in [-0.15, -0.1) is 0 Å². The maximum atomic E-state index is 13.1. The average molecular weight is 307 g/mol. The number of ether oxygens (including phenoxy) is 1. The standard InChI is InChI=1S/C7H11F6O4P/c1-14-18(15-2,16-3)4-17-5(18,6(8,9)10)7(11,12)13/h4H2,1-3H3/i1D3. The molecule has 1 heterocycles. The average Bonchev–Trinajstić information content (AvgIpc) is 2.19. The summed E-state index contributed by atoms with van der Waals surface area (Å²) in [5, 5.41) is -4.98. The van der Waals surface area contributed by atoms with Crippen LogP contribution in [0.1, 0.15) is 4.11 Å². The first kappa shape index (κ1) is 11.7. The van der Waals surface area contributed by atoms with Crippen molar-refractivity contribution in [1.29, 1.82) is 0 Å². The molecule has 1 fully saturated rings. The summed E-state index contributed by atoms with van der Waals surface area (Å²) in [5.74, 6) is 0. The van der Waals surface area contributed by atoms with Crippen LogP contribution in [0.25, 0.3) is 0 Å². The van der Waals surface area contributed by atoms with Crippen LogP contribution >= 0.6 is 7.28 Å². The number of rotatable bonds is 3. The predicted molar refractivity (Wildman–Crippen MR) is 48.7 cm³/mol. The van der Waals surface area contributed by atoms with E-state index in [1.165, 1.54) is 0 Å². The summed E-state index contributed by atoms with van der Waals surface area (Å²) >= 11 is 0. The van der Waals surface area contributed by atoms with Gasteiger partial charge in [-0.2, -0.15) is 0 Å². The van der Waals surface area contributed by atoms with Gasteiger partial charge in [0.2, 0.25) is 0 Å². The second-order valence-electron chi connectivity index (χ2n) is 3.41.